The molecule has 0 aliphatic carbocycles. The van der Waals surface area contributed by atoms with Crippen molar-refractivity contribution in [3.8, 4) is 0 Å². The Balaban J connectivity index is 2.14. The quantitative estimate of drug-likeness (QED) is 0.373. The Morgan fingerprint density at radius 2 is 2.00 bits per heavy atom. The molecule has 0 saturated carbocycles. The molecule has 1 atom stereocenters. The Bertz CT molecular complexity index is 424. The van der Waals surface area contributed by atoms with Gasteiger partial charge in [0.1, 0.15) is 0 Å². The molecule has 2 N–H and O–H groups in total. The van der Waals surface area contributed by atoms with E-state index in [-0.39, 0.29) is 6.04 Å². The van der Waals surface area contributed by atoms with Crippen molar-refractivity contribution in [1.29, 1.82) is 0 Å². The Hall–Kier alpha value is -1.59. The minimum Gasteiger partial charge on any atom is -0.383 e. The minimum absolute atomic E-state index is 0.236. The van der Waals surface area contributed by atoms with E-state index in [1.165, 1.54) is 5.56 Å². The van der Waals surface area contributed by atoms with Gasteiger partial charge in [-0.25, -0.2) is 0 Å². The molecule has 0 radical (unpaired) electrons. The van der Waals surface area contributed by atoms with Crippen LogP contribution in [0.4, 0.5) is 0 Å². The van der Waals surface area contributed by atoms with E-state index in [4.69, 9.17) is 9.47 Å². The maximum absolute atomic E-state index is 5.67. The van der Waals surface area contributed by atoms with Crippen LogP contribution in [0.15, 0.2) is 35.3 Å². The molecule has 0 aliphatic heterocycles. The molecular formula is C18H31N3O2. The lowest BCUT2D eigenvalue weighted by Crippen LogP contribution is -2.44. The first kappa shape index (κ1) is 19.5. The molecule has 1 aromatic rings. The summed E-state index contributed by atoms with van der Waals surface area (Å²) in [5.41, 5.74) is 1.32. The highest BCUT2D eigenvalue weighted by atomic mass is 16.5. The molecule has 0 saturated heterocycles. The van der Waals surface area contributed by atoms with E-state index in [0.29, 0.717) is 6.61 Å². The minimum atomic E-state index is 0.236. The van der Waals surface area contributed by atoms with Crippen LogP contribution in [-0.4, -0.2) is 52.0 Å². The van der Waals surface area contributed by atoms with Crippen molar-refractivity contribution in [2.75, 3.05) is 40.0 Å². The fourth-order valence-electron chi connectivity index (χ4n) is 2.14. The molecule has 0 aliphatic rings. The first-order valence-electron chi connectivity index (χ1n) is 8.41. The van der Waals surface area contributed by atoms with Gasteiger partial charge < -0.3 is 20.1 Å². The van der Waals surface area contributed by atoms with Gasteiger partial charge in [-0.1, -0.05) is 30.3 Å². The van der Waals surface area contributed by atoms with Crippen LogP contribution < -0.4 is 10.6 Å². The number of nitrogens with zero attached hydrogens (tertiary/aromatic N) is 1. The lowest BCUT2D eigenvalue weighted by molar-refractivity contribution is 0.136. The smallest absolute Gasteiger partial charge is 0.191 e. The van der Waals surface area contributed by atoms with Gasteiger partial charge in [0, 0.05) is 32.8 Å². The van der Waals surface area contributed by atoms with Gasteiger partial charge in [-0.2, -0.15) is 0 Å². The summed E-state index contributed by atoms with van der Waals surface area (Å²) in [6, 6.07) is 10.6. The average molecular weight is 321 g/mol. The van der Waals surface area contributed by atoms with Gasteiger partial charge in [-0.15, -0.1) is 0 Å². The summed E-state index contributed by atoms with van der Waals surface area (Å²) >= 11 is 0. The largest absolute Gasteiger partial charge is 0.383 e. The van der Waals surface area contributed by atoms with E-state index in [0.717, 1.165) is 45.1 Å². The molecule has 1 rings (SSSR count). The second kappa shape index (κ2) is 12.9. The predicted molar refractivity (Wildman–Crippen MR) is 96.0 cm³/mol. The fourth-order valence-corrected chi connectivity index (χ4v) is 2.14. The number of aliphatic imine (C=N–C) groups is 1. The molecule has 0 fully saturated rings. The van der Waals surface area contributed by atoms with Crippen LogP contribution in [-0.2, 0) is 15.9 Å². The van der Waals surface area contributed by atoms with Crippen molar-refractivity contribution in [2.24, 2.45) is 4.99 Å². The molecule has 1 aromatic carbocycles. The maximum Gasteiger partial charge on any atom is 0.191 e. The summed E-state index contributed by atoms with van der Waals surface area (Å²) in [6.45, 7) is 7.89. The highest BCUT2D eigenvalue weighted by Crippen LogP contribution is 1.99. The Morgan fingerprint density at radius 3 is 2.70 bits per heavy atom. The van der Waals surface area contributed by atoms with Gasteiger partial charge in [0.05, 0.1) is 13.2 Å². The second-order valence-electron chi connectivity index (χ2n) is 5.46. The van der Waals surface area contributed by atoms with E-state index in [1.807, 2.05) is 6.07 Å². The standard InChI is InChI=1S/C18H31N3O2/c1-4-19-18(21-16(2)15-22-3)20-12-8-13-23-14-11-17-9-6-5-7-10-17/h5-7,9-10,16H,4,8,11-15H2,1-3H3,(H2,19,20,21). The normalized spacial score (nSPS) is 12.9. The zero-order valence-corrected chi connectivity index (χ0v) is 14.7. The molecule has 1 unspecified atom stereocenters. The average Bonchev–Trinajstić information content (AvgIpc) is 2.55. The first-order chi connectivity index (χ1) is 11.3. The SMILES string of the molecule is CCNC(=NCCCOCCc1ccccc1)NC(C)COC. The van der Waals surface area contributed by atoms with Crippen LogP contribution >= 0.6 is 0 Å². The van der Waals surface area contributed by atoms with E-state index in [2.05, 4.69) is 53.7 Å². The van der Waals surface area contributed by atoms with Crippen molar-refractivity contribution in [1.82, 2.24) is 10.6 Å². The highest BCUT2D eigenvalue weighted by molar-refractivity contribution is 5.80. The summed E-state index contributed by atoms with van der Waals surface area (Å²) in [5.74, 6) is 0.835. The number of ether oxygens (including phenoxy) is 2. The molecule has 0 bridgehead atoms. The number of hydrogen-bond acceptors (Lipinski definition) is 3. The number of hydrogen-bond donors (Lipinski definition) is 2. The van der Waals surface area contributed by atoms with Crippen LogP contribution in [0.3, 0.4) is 0 Å². The van der Waals surface area contributed by atoms with E-state index < -0.39 is 0 Å². The maximum atomic E-state index is 5.67. The lowest BCUT2D eigenvalue weighted by Gasteiger charge is -2.16. The molecular weight excluding hydrogens is 290 g/mol. The number of methoxy groups -OCH3 is 1. The Kier molecular flexibility index (Phi) is 10.9. The molecule has 130 valence electrons. The zero-order chi connectivity index (χ0) is 16.8. The number of rotatable bonds is 11. The Morgan fingerprint density at radius 1 is 1.22 bits per heavy atom. The van der Waals surface area contributed by atoms with Gasteiger partial charge >= 0.3 is 0 Å². The number of nitrogens with one attached hydrogen (secondary N) is 2. The van der Waals surface area contributed by atoms with E-state index in [1.54, 1.807) is 7.11 Å². The molecule has 0 heterocycles. The monoisotopic (exact) mass is 321 g/mol. The second-order valence-corrected chi connectivity index (χ2v) is 5.46. The number of guanidine groups is 1. The summed E-state index contributed by atoms with van der Waals surface area (Å²) in [6.07, 6.45) is 1.88. The van der Waals surface area contributed by atoms with Crippen LogP contribution in [0.25, 0.3) is 0 Å². The predicted octanol–water partition coefficient (Wildman–Crippen LogP) is 2.23. The highest BCUT2D eigenvalue weighted by Gasteiger charge is 2.03. The van der Waals surface area contributed by atoms with Gasteiger partial charge in [0.25, 0.3) is 0 Å². The lowest BCUT2D eigenvalue weighted by atomic mass is 10.2. The van der Waals surface area contributed by atoms with Crippen molar-refractivity contribution < 1.29 is 9.47 Å². The van der Waals surface area contributed by atoms with Crippen molar-refractivity contribution in [2.45, 2.75) is 32.7 Å². The van der Waals surface area contributed by atoms with Gasteiger partial charge in [-0.05, 0) is 32.3 Å². The molecule has 0 aromatic heterocycles. The molecule has 0 spiro atoms. The third kappa shape index (κ3) is 9.92. The van der Waals surface area contributed by atoms with Gasteiger partial charge in [0.2, 0.25) is 0 Å². The zero-order valence-electron chi connectivity index (χ0n) is 14.7. The third-order valence-corrected chi connectivity index (χ3v) is 3.24. The van der Waals surface area contributed by atoms with E-state index >= 15 is 0 Å². The Labute approximate surface area is 140 Å². The summed E-state index contributed by atoms with van der Waals surface area (Å²) in [4.78, 5) is 4.55. The first-order valence-corrected chi connectivity index (χ1v) is 8.41. The van der Waals surface area contributed by atoms with E-state index in [9.17, 15) is 0 Å². The molecule has 0 amide bonds. The van der Waals surface area contributed by atoms with Gasteiger partial charge in [-0.3, -0.25) is 4.99 Å². The van der Waals surface area contributed by atoms with Crippen LogP contribution in [0.2, 0.25) is 0 Å². The molecule has 5 nitrogen and oxygen atoms in total. The topological polar surface area (TPSA) is 54.9 Å². The summed E-state index contributed by atoms with van der Waals surface area (Å²) < 4.78 is 10.8. The number of benzene rings is 1. The molecule has 5 heteroatoms. The van der Waals surface area contributed by atoms with Crippen LogP contribution in [0, 0.1) is 0 Å². The summed E-state index contributed by atoms with van der Waals surface area (Å²) in [7, 11) is 1.70. The fraction of sp³-hybridized carbons (Fsp3) is 0.611. The van der Waals surface area contributed by atoms with Crippen molar-refractivity contribution in [3.05, 3.63) is 35.9 Å². The third-order valence-electron chi connectivity index (χ3n) is 3.24. The van der Waals surface area contributed by atoms with Crippen LogP contribution in [0.5, 0.6) is 0 Å². The van der Waals surface area contributed by atoms with Gasteiger partial charge in [0.15, 0.2) is 5.96 Å². The van der Waals surface area contributed by atoms with Crippen LogP contribution in [0.1, 0.15) is 25.8 Å². The summed E-state index contributed by atoms with van der Waals surface area (Å²) in [5, 5.41) is 6.55. The van der Waals surface area contributed by atoms with Crippen molar-refractivity contribution in [3.63, 3.8) is 0 Å². The molecule has 23 heavy (non-hydrogen) atoms. The van der Waals surface area contributed by atoms with Crippen molar-refractivity contribution >= 4 is 5.96 Å².